The van der Waals surface area contributed by atoms with Crippen molar-refractivity contribution in [1.82, 2.24) is 10.2 Å². The van der Waals surface area contributed by atoms with Crippen molar-refractivity contribution >= 4 is 11.9 Å². The third kappa shape index (κ3) is 5.29. The third-order valence-electron chi connectivity index (χ3n) is 6.40. The number of amides is 3. The number of carbonyl (C=O) groups excluding carboxylic acids is 2. The smallest absolute Gasteiger partial charge is 0.325 e. The molecule has 0 radical (unpaired) electrons. The lowest BCUT2D eigenvalue weighted by atomic mass is 9.85. The number of benzene rings is 3. The van der Waals surface area contributed by atoms with E-state index in [-0.39, 0.29) is 25.2 Å². The zero-order valence-corrected chi connectivity index (χ0v) is 20.2. The van der Waals surface area contributed by atoms with Gasteiger partial charge in [-0.15, -0.1) is 0 Å². The van der Waals surface area contributed by atoms with Crippen LogP contribution >= 0.6 is 0 Å². The summed E-state index contributed by atoms with van der Waals surface area (Å²) in [4.78, 5) is 27.4. The molecule has 1 fully saturated rings. The van der Waals surface area contributed by atoms with Crippen molar-refractivity contribution in [3.8, 4) is 0 Å². The predicted molar refractivity (Wildman–Crippen MR) is 135 cm³/mol. The maximum absolute atomic E-state index is 13.5. The topological polar surface area (TPSA) is 78.9 Å². The summed E-state index contributed by atoms with van der Waals surface area (Å²) in [6.07, 6.45) is -0.211. The summed E-state index contributed by atoms with van der Waals surface area (Å²) >= 11 is 0. The van der Waals surface area contributed by atoms with Gasteiger partial charge < -0.3 is 15.2 Å². The number of hydrogen-bond acceptors (Lipinski definition) is 4. The van der Waals surface area contributed by atoms with Gasteiger partial charge in [-0.2, -0.15) is 0 Å². The Morgan fingerprint density at radius 1 is 0.914 bits per heavy atom. The van der Waals surface area contributed by atoms with Crippen LogP contribution in [0.25, 0.3) is 0 Å². The van der Waals surface area contributed by atoms with Crippen molar-refractivity contribution in [3.63, 3.8) is 0 Å². The number of aryl methyl sites for hydroxylation is 1. The van der Waals surface area contributed by atoms with Crippen LogP contribution in [-0.2, 0) is 15.1 Å². The lowest BCUT2D eigenvalue weighted by molar-refractivity contribution is -0.133. The van der Waals surface area contributed by atoms with E-state index in [1.54, 1.807) is 0 Å². The van der Waals surface area contributed by atoms with E-state index in [0.717, 1.165) is 33.6 Å². The Hall–Kier alpha value is -3.48. The van der Waals surface area contributed by atoms with Gasteiger partial charge in [0, 0.05) is 0 Å². The maximum Gasteiger partial charge on any atom is 0.325 e. The van der Waals surface area contributed by atoms with E-state index < -0.39 is 17.7 Å². The van der Waals surface area contributed by atoms with Crippen LogP contribution in [-0.4, -0.2) is 41.2 Å². The number of ether oxygens (including phenoxy) is 1. The second-order valence-corrected chi connectivity index (χ2v) is 9.06. The summed E-state index contributed by atoms with van der Waals surface area (Å²) in [6.45, 7) is 3.83. The van der Waals surface area contributed by atoms with E-state index in [9.17, 15) is 14.7 Å². The minimum atomic E-state index is -1.11. The Labute approximate surface area is 206 Å². The lowest BCUT2D eigenvalue weighted by Gasteiger charge is -2.27. The third-order valence-corrected chi connectivity index (χ3v) is 6.40. The molecule has 6 nitrogen and oxygen atoms in total. The van der Waals surface area contributed by atoms with Crippen molar-refractivity contribution in [3.05, 3.63) is 107 Å². The van der Waals surface area contributed by atoms with Crippen molar-refractivity contribution in [1.29, 1.82) is 0 Å². The SMILES string of the molecule is CCCC1(c2ccccc2)NC(=O)N(CC(O)COC(c2ccccc2)c2ccc(C)cc2)C1=O. The average Bonchev–Trinajstić information content (AvgIpc) is 3.11. The summed E-state index contributed by atoms with van der Waals surface area (Å²) < 4.78 is 6.16. The number of hydrogen-bond donors (Lipinski definition) is 2. The van der Waals surface area contributed by atoms with Crippen molar-refractivity contribution in [2.45, 2.75) is 44.4 Å². The molecule has 0 spiro atoms. The number of urea groups is 1. The van der Waals surface area contributed by atoms with Crippen LogP contribution in [0.1, 0.15) is 48.1 Å². The molecule has 3 amide bonds. The maximum atomic E-state index is 13.5. The molecule has 35 heavy (non-hydrogen) atoms. The first-order valence-corrected chi connectivity index (χ1v) is 12.1. The second kappa shape index (κ2) is 10.8. The van der Waals surface area contributed by atoms with Gasteiger partial charge >= 0.3 is 6.03 Å². The summed E-state index contributed by atoms with van der Waals surface area (Å²) in [5.41, 5.74) is 2.71. The average molecular weight is 473 g/mol. The van der Waals surface area contributed by atoms with Crippen LogP contribution in [0.2, 0.25) is 0 Å². The van der Waals surface area contributed by atoms with Crippen LogP contribution in [0, 0.1) is 6.92 Å². The highest BCUT2D eigenvalue weighted by Crippen LogP contribution is 2.34. The van der Waals surface area contributed by atoms with Gasteiger partial charge in [-0.3, -0.25) is 9.69 Å². The fourth-order valence-corrected chi connectivity index (χ4v) is 4.62. The van der Waals surface area contributed by atoms with Gasteiger partial charge in [-0.1, -0.05) is 104 Å². The molecule has 3 aromatic rings. The number of aliphatic hydroxyl groups is 1. The minimum Gasteiger partial charge on any atom is -0.389 e. The number of nitrogens with zero attached hydrogens (tertiary/aromatic N) is 1. The van der Waals surface area contributed by atoms with Gasteiger partial charge in [-0.05, 0) is 30.0 Å². The minimum absolute atomic E-state index is 0.0311. The highest BCUT2D eigenvalue weighted by molar-refractivity contribution is 6.07. The number of rotatable bonds is 10. The monoisotopic (exact) mass is 472 g/mol. The van der Waals surface area contributed by atoms with Crippen molar-refractivity contribution < 1.29 is 19.4 Å². The fourth-order valence-electron chi connectivity index (χ4n) is 4.62. The van der Waals surface area contributed by atoms with Crippen LogP contribution in [0.5, 0.6) is 0 Å². The molecule has 4 rings (SSSR count). The number of imide groups is 1. The Balaban J connectivity index is 1.48. The largest absolute Gasteiger partial charge is 0.389 e. The van der Waals surface area contributed by atoms with E-state index in [1.165, 1.54) is 0 Å². The molecular formula is C29H32N2O4. The Morgan fingerprint density at radius 3 is 2.14 bits per heavy atom. The Kier molecular flexibility index (Phi) is 7.63. The molecule has 2 N–H and O–H groups in total. The molecule has 0 saturated carbocycles. The molecule has 182 valence electrons. The molecule has 6 heteroatoms. The van der Waals surface area contributed by atoms with E-state index in [2.05, 4.69) is 5.32 Å². The molecule has 1 saturated heterocycles. The van der Waals surface area contributed by atoms with Gasteiger partial charge in [-0.25, -0.2) is 4.79 Å². The quantitative estimate of drug-likeness (QED) is 0.419. The molecule has 3 unspecified atom stereocenters. The summed E-state index contributed by atoms with van der Waals surface area (Å²) in [6, 6.07) is 26.6. The van der Waals surface area contributed by atoms with E-state index in [4.69, 9.17) is 4.74 Å². The predicted octanol–water partition coefficient (Wildman–Crippen LogP) is 4.71. The highest BCUT2D eigenvalue weighted by Gasteiger charge is 2.51. The van der Waals surface area contributed by atoms with Gasteiger partial charge in [0.25, 0.3) is 5.91 Å². The molecule has 3 atom stereocenters. The van der Waals surface area contributed by atoms with E-state index in [1.807, 2.05) is 98.8 Å². The van der Waals surface area contributed by atoms with Gasteiger partial charge in [0.1, 0.15) is 11.6 Å². The van der Waals surface area contributed by atoms with E-state index in [0.29, 0.717) is 6.42 Å². The van der Waals surface area contributed by atoms with Gasteiger partial charge in [0.15, 0.2) is 0 Å². The zero-order chi connectivity index (χ0) is 24.8. The molecule has 3 aromatic carbocycles. The summed E-state index contributed by atoms with van der Waals surface area (Å²) in [5, 5.41) is 13.7. The van der Waals surface area contributed by atoms with Crippen LogP contribution in [0.4, 0.5) is 4.79 Å². The number of nitrogens with one attached hydrogen (secondary N) is 1. The first kappa shape index (κ1) is 24.6. The summed E-state index contributed by atoms with van der Waals surface area (Å²) in [5.74, 6) is -0.340. The number of carbonyl (C=O) groups is 2. The highest BCUT2D eigenvalue weighted by atomic mass is 16.5. The normalized spacial score (nSPS) is 19.5. The molecule has 0 bridgehead atoms. The van der Waals surface area contributed by atoms with Gasteiger partial charge in [0.05, 0.1) is 19.3 Å². The second-order valence-electron chi connectivity index (χ2n) is 9.06. The standard InChI is InChI=1S/C29H32N2O4/c1-3-18-29(24-12-8-5-9-13-24)27(33)31(28(34)30-29)19-25(32)20-35-26(22-10-6-4-7-11-22)23-16-14-21(2)15-17-23/h4-17,25-26,32H,3,18-20H2,1-2H3,(H,30,34). The Bertz CT molecular complexity index is 1130. The Morgan fingerprint density at radius 2 is 1.51 bits per heavy atom. The van der Waals surface area contributed by atoms with Crippen LogP contribution in [0.15, 0.2) is 84.9 Å². The van der Waals surface area contributed by atoms with Crippen LogP contribution < -0.4 is 5.32 Å². The molecule has 0 aliphatic carbocycles. The van der Waals surface area contributed by atoms with Crippen LogP contribution in [0.3, 0.4) is 0 Å². The van der Waals surface area contributed by atoms with Crippen molar-refractivity contribution in [2.24, 2.45) is 0 Å². The van der Waals surface area contributed by atoms with E-state index >= 15 is 0 Å². The van der Waals surface area contributed by atoms with Gasteiger partial charge in [0.2, 0.25) is 0 Å². The fraction of sp³-hybridized carbons (Fsp3) is 0.310. The molecule has 1 aliphatic heterocycles. The summed E-state index contributed by atoms with van der Waals surface area (Å²) in [7, 11) is 0. The first-order chi connectivity index (χ1) is 16.9. The lowest BCUT2D eigenvalue weighted by Crippen LogP contribution is -2.45. The molecule has 0 aromatic heterocycles. The zero-order valence-electron chi connectivity index (χ0n) is 20.2. The number of aliphatic hydroxyl groups excluding tert-OH is 1. The molecule has 1 aliphatic rings. The molecular weight excluding hydrogens is 440 g/mol. The van der Waals surface area contributed by atoms with Crippen molar-refractivity contribution in [2.75, 3.05) is 13.2 Å². The first-order valence-electron chi connectivity index (χ1n) is 12.1. The molecule has 1 heterocycles. The number of β-amino-alcohol motifs (C(OH)–C–C–N with tert-alkyl or cyclic N) is 1.